The predicted molar refractivity (Wildman–Crippen MR) is 97.7 cm³/mol. The number of hydrogen-bond acceptors (Lipinski definition) is 3. The summed E-state index contributed by atoms with van der Waals surface area (Å²) in [6.07, 6.45) is 2.33. The maximum absolute atomic E-state index is 11.5. The zero-order chi connectivity index (χ0) is 18.0. The lowest BCUT2D eigenvalue weighted by molar-refractivity contribution is 0.0685. The van der Waals surface area contributed by atoms with Crippen LogP contribution in [0.5, 0.6) is 5.75 Å². The highest BCUT2D eigenvalue weighted by atomic mass is 35.5. The molecule has 0 aliphatic rings. The van der Waals surface area contributed by atoms with E-state index in [0.717, 1.165) is 27.3 Å². The Kier molecular flexibility index (Phi) is 4.95. The zero-order valence-corrected chi connectivity index (χ0v) is 14.9. The molecule has 2 aromatic heterocycles. The Balaban J connectivity index is 1.69. The molecule has 0 amide bonds. The molecule has 0 atom stereocenters. The molecule has 0 fully saturated rings. The van der Waals surface area contributed by atoms with Gasteiger partial charge in [0.25, 0.3) is 0 Å². The lowest BCUT2D eigenvalue weighted by Crippen LogP contribution is -2.11. The van der Waals surface area contributed by atoms with Gasteiger partial charge in [-0.15, -0.1) is 0 Å². The summed E-state index contributed by atoms with van der Waals surface area (Å²) in [7, 11) is 0. The van der Waals surface area contributed by atoms with E-state index in [-0.39, 0.29) is 5.69 Å². The van der Waals surface area contributed by atoms with Gasteiger partial charge in [-0.3, -0.25) is 0 Å². The molecule has 130 valence electrons. The summed E-state index contributed by atoms with van der Waals surface area (Å²) in [5, 5.41) is 11.0. The van der Waals surface area contributed by atoms with E-state index in [2.05, 4.69) is 4.98 Å². The summed E-state index contributed by atoms with van der Waals surface area (Å²) in [6.45, 7) is 4.89. The number of fused-ring (bicyclic) bond motifs is 1. The van der Waals surface area contributed by atoms with Crippen molar-refractivity contribution in [2.24, 2.45) is 0 Å². The van der Waals surface area contributed by atoms with E-state index >= 15 is 0 Å². The zero-order valence-electron chi connectivity index (χ0n) is 14.1. The van der Waals surface area contributed by atoms with Gasteiger partial charge in [-0.2, -0.15) is 0 Å². The van der Waals surface area contributed by atoms with Gasteiger partial charge in [-0.25, -0.2) is 9.78 Å². The van der Waals surface area contributed by atoms with E-state index in [4.69, 9.17) is 16.3 Å². The van der Waals surface area contributed by atoms with Gasteiger partial charge < -0.3 is 14.4 Å². The van der Waals surface area contributed by atoms with Crippen molar-refractivity contribution in [2.75, 3.05) is 6.61 Å². The van der Waals surface area contributed by atoms with Crippen molar-refractivity contribution in [1.82, 2.24) is 9.55 Å². The second-order valence-corrected chi connectivity index (χ2v) is 6.35. The number of pyridine rings is 1. The van der Waals surface area contributed by atoms with Crippen LogP contribution in [-0.2, 0) is 6.54 Å². The number of nitrogens with zero attached hydrogens (tertiary/aromatic N) is 2. The summed E-state index contributed by atoms with van der Waals surface area (Å²) in [5.74, 6) is -0.184. The maximum Gasteiger partial charge on any atom is 0.352 e. The molecule has 3 rings (SSSR count). The van der Waals surface area contributed by atoms with Crippen LogP contribution in [0.25, 0.3) is 11.0 Å². The molecule has 0 bridgehead atoms. The van der Waals surface area contributed by atoms with Crippen LogP contribution in [0.15, 0.2) is 36.5 Å². The van der Waals surface area contributed by atoms with Crippen LogP contribution in [0.4, 0.5) is 0 Å². The molecule has 0 spiro atoms. The highest BCUT2D eigenvalue weighted by molar-refractivity contribution is 6.32. The lowest BCUT2D eigenvalue weighted by Gasteiger charge is -2.11. The molecule has 3 aromatic rings. The number of aryl methyl sites for hydroxylation is 3. The minimum Gasteiger partial charge on any atom is -0.494 e. The van der Waals surface area contributed by atoms with E-state index in [9.17, 15) is 9.90 Å². The van der Waals surface area contributed by atoms with Gasteiger partial charge in [-0.1, -0.05) is 11.6 Å². The topological polar surface area (TPSA) is 64.3 Å². The van der Waals surface area contributed by atoms with Crippen LogP contribution in [0.2, 0.25) is 5.02 Å². The van der Waals surface area contributed by atoms with E-state index in [1.54, 1.807) is 22.9 Å². The molecule has 2 heterocycles. The van der Waals surface area contributed by atoms with Crippen molar-refractivity contribution >= 4 is 28.6 Å². The Morgan fingerprint density at radius 2 is 2.00 bits per heavy atom. The summed E-state index contributed by atoms with van der Waals surface area (Å²) in [6, 6.07) is 9.13. The first kappa shape index (κ1) is 17.3. The molecule has 0 unspecified atom stereocenters. The molecule has 5 nitrogen and oxygen atoms in total. The maximum atomic E-state index is 11.5. The number of aromatic nitrogens is 2. The third kappa shape index (κ3) is 3.61. The van der Waals surface area contributed by atoms with E-state index in [1.165, 1.54) is 0 Å². The Bertz CT molecular complexity index is 911. The van der Waals surface area contributed by atoms with Crippen molar-refractivity contribution < 1.29 is 14.6 Å². The third-order valence-electron chi connectivity index (χ3n) is 4.08. The van der Waals surface area contributed by atoms with Gasteiger partial charge in [0.1, 0.15) is 17.1 Å². The monoisotopic (exact) mass is 358 g/mol. The Hall–Kier alpha value is -2.53. The van der Waals surface area contributed by atoms with E-state index < -0.39 is 5.97 Å². The Morgan fingerprint density at radius 1 is 1.28 bits per heavy atom. The van der Waals surface area contributed by atoms with Crippen molar-refractivity contribution in [3.8, 4) is 5.75 Å². The number of halogens is 1. The lowest BCUT2D eigenvalue weighted by atomic mass is 10.1. The minimum atomic E-state index is -0.956. The predicted octanol–water partition coefficient (Wildman–Crippen LogP) is 4.47. The fourth-order valence-electron chi connectivity index (χ4n) is 2.89. The summed E-state index contributed by atoms with van der Waals surface area (Å²) in [5.41, 5.74) is 2.88. The van der Waals surface area contributed by atoms with Crippen LogP contribution in [-0.4, -0.2) is 27.2 Å². The first-order chi connectivity index (χ1) is 12.0. The van der Waals surface area contributed by atoms with Gasteiger partial charge >= 0.3 is 5.97 Å². The quantitative estimate of drug-likeness (QED) is 0.660. The molecule has 1 N–H and O–H groups in total. The van der Waals surface area contributed by atoms with Gasteiger partial charge in [0.15, 0.2) is 0 Å². The number of benzene rings is 1. The number of ether oxygens (including phenoxy) is 1. The average Bonchev–Trinajstić information content (AvgIpc) is 2.95. The van der Waals surface area contributed by atoms with Gasteiger partial charge in [0.05, 0.1) is 6.61 Å². The average molecular weight is 359 g/mol. The first-order valence-electron chi connectivity index (χ1n) is 8.04. The number of hydrogen-bond donors (Lipinski definition) is 1. The van der Waals surface area contributed by atoms with Gasteiger partial charge in [0, 0.05) is 23.2 Å². The number of carboxylic acids is 1. The summed E-state index contributed by atoms with van der Waals surface area (Å²) >= 11 is 6.16. The second-order valence-electron chi connectivity index (χ2n) is 5.98. The largest absolute Gasteiger partial charge is 0.494 e. The molecular weight excluding hydrogens is 340 g/mol. The van der Waals surface area contributed by atoms with Crippen LogP contribution in [0.3, 0.4) is 0 Å². The number of rotatable bonds is 6. The molecule has 0 aliphatic carbocycles. The minimum absolute atomic E-state index is 0.242. The Morgan fingerprint density at radius 3 is 2.68 bits per heavy atom. The molecule has 0 saturated heterocycles. The number of carbonyl (C=O) groups is 1. The van der Waals surface area contributed by atoms with Crippen molar-refractivity contribution in [1.29, 1.82) is 0 Å². The molecule has 0 radical (unpaired) electrons. The van der Waals surface area contributed by atoms with Gasteiger partial charge in [0.2, 0.25) is 0 Å². The van der Waals surface area contributed by atoms with Crippen molar-refractivity contribution in [3.63, 3.8) is 0 Å². The molecule has 6 heteroatoms. The van der Waals surface area contributed by atoms with Gasteiger partial charge in [-0.05, 0) is 61.7 Å². The molecule has 25 heavy (non-hydrogen) atoms. The highest BCUT2D eigenvalue weighted by Crippen LogP contribution is 2.26. The smallest absolute Gasteiger partial charge is 0.352 e. The van der Waals surface area contributed by atoms with E-state index in [1.807, 2.05) is 32.0 Å². The third-order valence-corrected chi connectivity index (χ3v) is 4.68. The standard InChI is InChI=1S/C19H19ClN2O3/c1-12-9-15(10-13(2)17(12)20)25-8-4-7-22-16(19(23)24)11-14-5-3-6-21-18(14)22/h3,5-6,9-11H,4,7-8H2,1-2H3,(H,23,24). The normalized spacial score (nSPS) is 11.0. The van der Waals surface area contributed by atoms with Crippen LogP contribution >= 0.6 is 11.6 Å². The Labute approximate surface area is 150 Å². The summed E-state index contributed by atoms with van der Waals surface area (Å²) in [4.78, 5) is 15.8. The molecular formula is C19H19ClN2O3. The highest BCUT2D eigenvalue weighted by Gasteiger charge is 2.15. The first-order valence-corrected chi connectivity index (χ1v) is 8.42. The second kappa shape index (κ2) is 7.15. The van der Waals surface area contributed by atoms with Crippen molar-refractivity contribution in [2.45, 2.75) is 26.8 Å². The fourth-order valence-corrected chi connectivity index (χ4v) is 3.00. The van der Waals surface area contributed by atoms with Crippen LogP contribution < -0.4 is 4.74 Å². The molecule has 1 aromatic carbocycles. The van der Waals surface area contributed by atoms with Crippen LogP contribution in [0.1, 0.15) is 28.0 Å². The number of aromatic carboxylic acids is 1. The fraction of sp³-hybridized carbons (Fsp3) is 0.263. The molecule has 0 saturated carbocycles. The van der Waals surface area contributed by atoms with Crippen LogP contribution in [0, 0.1) is 13.8 Å². The number of carboxylic acid groups (broad SMARTS) is 1. The van der Waals surface area contributed by atoms with E-state index in [0.29, 0.717) is 25.2 Å². The summed E-state index contributed by atoms with van der Waals surface area (Å²) < 4.78 is 7.52. The molecule has 0 aliphatic heterocycles. The van der Waals surface area contributed by atoms with Crippen molar-refractivity contribution in [3.05, 3.63) is 58.4 Å². The SMILES string of the molecule is Cc1cc(OCCCn2c(C(=O)O)cc3cccnc32)cc(C)c1Cl.